The maximum atomic E-state index is 12.4. The molecule has 8 heteroatoms. The van der Waals surface area contributed by atoms with Crippen molar-refractivity contribution in [1.82, 2.24) is 0 Å². The third-order valence-corrected chi connectivity index (χ3v) is 5.94. The number of carbonyl (C=O) groups is 2. The second-order valence-electron chi connectivity index (χ2n) is 6.54. The van der Waals surface area contributed by atoms with Crippen LogP contribution in [-0.4, -0.2) is 24.1 Å². The SMILES string of the molecule is COC(=O)c1c(NC(=S)Nc2ccccc2C(N)=O)sc2c1CCC(C)C2. The van der Waals surface area contributed by atoms with Crippen molar-refractivity contribution in [1.29, 1.82) is 0 Å². The van der Waals surface area contributed by atoms with Crippen LogP contribution in [0, 0.1) is 5.92 Å². The Morgan fingerprint density at radius 1 is 1.30 bits per heavy atom. The molecule has 0 spiro atoms. The third-order valence-electron chi connectivity index (χ3n) is 4.57. The summed E-state index contributed by atoms with van der Waals surface area (Å²) in [5.74, 6) is -0.330. The number of benzene rings is 1. The highest BCUT2D eigenvalue weighted by Crippen LogP contribution is 2.40. The van der Waals surface area contributed by atoms with Crippen molar-refractivity contribution in [2.75, 3.05) is 17.7 Å². The van der Waals surface area contributed by atoms with Gasteiger partial charge in [-0.05, 0) is 55.1 Å². The predicted molar refractivity (Wildman–Crippen MR) is 112 cm³/mol. The summed E-state index contributed by atoms with van der Waals surface area (Å²) in [6.07, 6.45) is 2.84. The van der Waals surface area contributed by atoms with Gasteiger partial charge in [0.1, 0.15) is 5.00 Å². The third kappa shape index (κ3) is 4.12. The first kappa shape index (κ1) is 19.3. The number of hydrogen-bond donors (Lipinski definition) is 3. The van der Waals surface area contributed by atoms with E-state index in [0.717, 1.165) is 24.8 Å². The fraction of sp³-hybridized carbons (Fsp3) is 0.316. The number of rotatable bonds is 4. The molecule has 1 atom stereocenters. The summed E-state index contributed by atoms with van der Waals surface area (Å²) in [6.45, 7) is 2.21. The minimum Gasteiger partial charge on any atom is -0.465 e. The molecule has 3 rings (SSSR count). The van der Waals surface area contributed by atoms with E-state index in [1.807, 2.05) is 0 Å². The van der Waals surface area contributed by atoms with Crippen molar-refractivity contribution in [3.8, 4) is 0 Å². The smallest absolute Gasteiger partial charge is 0.341 e. The van der Waals surface area contributed by atoms with Gasteiger partial charge in [0.05, 0.1) is 23.9 Å². The number of anilines is 2. The fourth-order valence-electron chi connectivity index (χ4n) is 3.22. The lowest BCUT2D eigenvalue weighted by Gasteiger charge is -2.18. The molecule has 1 aromatic heterocycles. The Labute approximate surface area is 167 Å². The van der Waals surface area contributed by atoms with Crippen LogP contribution in [0.5, 0.6) is 0 Å². The summed E-state index contributed by atoms with van der Waals surface area (Å²) >= 11 is 6.92. The zero-order valence-electron chi connectivity index (χ0n) is 15.1. The van der Waals surface area contributed by atoms with Crippen LogP contribution in [0.2, 0.25) is 0 Å². The zero-order valence-corrected chi connectivity index (χ0v) is 16.8. The molecule has 0 saturated carbocycles. The Morgan fingerprint density at radius 2 is 2.04 bits per heavy atom. The minimum atomic E-state index is -0.545. The number of fused-ring (bicyclic) bond motifs is 1. The minimum absolute atomic E-state index is 0.278. The molecule has 0 saturated heterocycles. The number of carbonyl (C=O) groups excluding carboxylic acids is 2. The number of ether oxygens (including phenoxy) is 1. The largest absolute Gasteiger partial charge is 0.465 e. The number of amides is 1. The molecule has 142 valence electrons. The van der Waals surface area contributed by atoms with Gasteiger partial charge in [0.25, 0.3) is 5.91 Å². The average molecular weight is 404 g/mol. The van der Waals surface area contributed by atoms with Crippen molar-refractivity contribution in [3.63, 3.8) is 0 Å². The monoisotopic (exact) mass is 403 g/mol. The number of thiophene rings is 1. The van der Waals surface area contributed by atoms with E-state index in [1.165, 1.54) is 23.3 Å². The molecule has 0 radical (unpaired) electrons. The summed E-state index contributed by atoms with van der Waals surface area (Å²) in [5, 5.41) is 7.03. The van der Waals surface area contributed by atoms with Gasteiger partial charge in [-0.2, -0.15) is 0 Å². The number of methoxy groups -OCH3 is 1. The van der Waals surface area contributed by atoms with E-state index >= 15 is 0 Å². The first-order valence-corrected chi connectivity index (χ1v) is 9.82. The molecule has 6 nitrogen and oxygen atoms in total. The van der Waals surface area contributed by atoms with Crippen LogP contribution < -0.4 is 16.4 Å². The Hall–Kier alpha value is -2.45. The molecule has 27 heavy (non-hydrogen) atoms. The molecule has 1 amide bonds. The first-order valence-electron chi connectivity index (χ1n) is 8.60. The van der Waals surface area contributed by atoms with Gasteiger partial charge in [-0.25, -0.2) is 4.79 Å². The highest BCUT2D eigenvalue weighted by Gasteiger charge is 2.28. The van der Waals surface area contributed by atoms with Gasteiger partial charge in [0.15, 0.2) is 5.11 Å². The van der Waals surface area contributed by atoms with E-state index in [-0.39, 0.29) is 11.1 Å². The van der Waals surface area contributed by atoms with Crippen LogP contribution in [0.15, 0.2) is 24.3 Å². The molecule has 0 fully saturated rings. The lowest BCUT2D eigenvalue weighted by molar-refractivity contribution is 0.0600. The van der Waals surface area contributed by atoms with Crippen molar-refractivity contribution >= 4 is 51.2 Å². The molecule has 0 aliphatic heterocycles. The summed E-state index contributed by atoms with van der Waals surface area (Å²) in [4.78, 5) is 25.1. The summed E-state index contributed by atoms with van der Waals surface area (Å²) in [7, 11) is 1.38. The molecule has 1 heterocycles. The second-order valence-corrected chi connectivity index (χ2v) is 8.05. The van der Waals surface area contributed by atoms with E-state index in [4.69, 9.17) is 22.7 Å². The lowest BCUT2D eigenvalue weighted by Crippen LogP contribution is -2.23. The van der Waals surface area contributed by atoms with Gasteiger partial charge in [-0.1, -0.05) is 19.1 Å². The topological polar surface area (TPSA) is 93.4 Å². The first-order chi connectivity index (χ1) is 12.9. The molecule has 1 aliphatic carbocycles. The molecule has 1 aromatic carbocycles. The number of para-hydroxylation sites is 1. The van der Waals surface area contributed by atoms with Crippen LogP contribution in [0.25, 0.3) is 0 Å². The van der Waals surface area contributed by atoms with Crippen molar-refractivity contribution in [3.05, 3.63) is 45.8 Å². The number of esters is 1. The van der Waals surface area contributed by atoms with Crippen molar-refractivity contribution in [2.24, 2.45) is 11.7 Å². The van der Waals surface area contributed by atoms with Gasteiger partial charge < -0.3 is 21.1 Å². The Balaban J connectivity index is 1.86. The summed E-state index contributed by atoms with van der Waals surface area (Å²) in [5.41, 5.74) is 7.86. The zero-order chi connectivity index (χ0) is 19.6. The standard InChI is InChI=1S/C19H21N3O3S2/c1-10-7-8-12-14(9-10)27-17(15(12)18(24)25-2)22-19(26)21-13-6-4-3-5-11(13)16(20)23/h3-6,10H,7-9H2,1-2H3,(H2,20,23)(H2,21,22,26). The molecule has 4 N–H and O–H groups in total. The van der Waals surface area contributed by atoms with Gasteiger partial charge >= 0.3 is 5.97 Å². The number of nitrogens with one attached hydrogen (secondary N) is 2. The molecule has 2 aromatic rings. The molecule has 1 unspecified atom stereocenters. The summed E-state index contributed by atoms with van der Waals surface area (Å²) < 4.78 is 4.98. The highest BCUT2D eigenvalue weighted by atomic mass is 32.1. The lowest BCUT2D eigenvalue weighted by atomic mass is 9.88. The van der Waals surface area contributed by atoms with Crippen molar-refractivity contribution < 1.29 is 14.3 Å². The van der Waals surface area contributed by atoms with Gasteiger partial charge in [-0.3, -0.25) is 4.79 Å². The van der Waals surface area contributed by atoms with Crippen molar-refractivity contribution in [2.45, 2.75) is 26.2 Å². The maximum Gasteiger partial charge on any atom is 0.341 e. The second kappa shape index (κ2) is 8.06. The number of primary amides is 1. The van der Waals surface area contributed by atoms with Crippen LogP contribution >= 0.6 is 23.6 Å². The molecule has 0 bridgehead atoms. The van der Waals surface area contributed by atoms with E-state index < -0.39 is 5.91 Å². The average Bonchev–Trinajstić information content (AvgIpc) is 2.97. The molecular formula is C19H21N3O3S2. The van der Waals surface area contributed by atoms with E-state index in [0.29, 0.717) is 27.7 Å². The normalized spacial score (nSPS) is 15.6. The van der Waals surface area contributed by atoms with Gasteiger partial charge in [-0.15, -0.1) is 11.3 Å². The molecular weight excluding hydrogens is 382 g/mol. The predicted octanol–water partition coefficient (Wildman–Crippen LogP) is 3.57. The van der Waals surface area contributed by atoms with Gasteiger partial charge in [0, 0.05) is 4.88 Å². The summed E-state index contributed by atoms with van der Waals surface area (Å²) in [6, 6.07) is 6.85. The fourth-order valence-corrected chi connectivity index (χ4v) is 4.90. The molecule has 1 aliphatic rings. The quantitative estimate of drug-likeness (QED) is 0.534. The number of hydrogen-bond acceptors (Lipinski definition) is 5. The Bertz CT molecular complexity index is 908. The van der Waals surface area contributed by atoms with E-state index in [2.05, 4.69) is 17.6 Å². The maximum absolute atomic E-state index is 12.4. The van der Waals surface area contributed by atoms with Crippen LogP contribution in [0.4, 0.5) is 10.7 Å². The highest BCUT2D eigenvalue weighted by molar-refractivity contribution is 7.80. The Kier molecular flexibility index (Phi) is 5.76. The van der Waals surface area contributed by atoms with Crippen LogP contribution in [0.3, 0.4) is 0 Å². The Morgan fingerprint density at radius 3 is 2.74 bits per heavy atom. The van der Waals surface area contributed by atoms with Crippen LogP contribution in [-0.2, 0) is 17.6 Å². The van der Waals surface area contributed by atoms with E-state index in [1.54, 1.807) is 24.3 Å². The number of nitrogens with two attached hydrogens (primary N) is 1. The van der Waals surface area contributed by atoms with Gasteiger partial charge in [0.2, 0.25) is 0 Å². The number of thiocarbonyl (C=S) groups is 1. The van der Waals surface area contributed by atoms with E-state index in [9.17, 15) is 9.59 Å². The van der Waals surface area contributed by atoms with Crippen LogP contribution in [0.1, 0.15) is 44.5 Å².